The average molecular weight is 201 g/mol. The van der Waals surface area contributed by atoms with Gasteiger partial charge in [-0.2, -0.15) is 0 Å². The maximum Gasteiger partial charge on any atom is 0.212 e. The van der Waals surface area contributed by atoms with Crippen LogP contribution in [0, 0.1) is 16.0 Å². The van der Waals surface area contributed by atoms with Gasteiger partial charge in [-0.25, -0.2) is 0 Å². The number of hydrogen-bond acceptors (Lipinski definition) is 4. The van der Waals surface area contributed by atoms with Gasteiger partial charge in [0.25, 0.3) is 0 Å². The third kappa shape index (κ3) is 2.78. The molecule has 0 saturated carbocycles. The summed E-state index contributed by atoms with van der Waals surface area (Å²) in [5.74, 6) is -0.922. The van der Waals surface area contributed by atoms with E-state index in [9.17, 15) is 10.1 Å². The summed E-state index contributed by atoms with van der Waals surface area (Å²) in [6.45, 7) is 7.38. The second-order valence-corrected chi connectivity index (χ2v) is 3.78. The summed E-state index contributed by atoms with van der Waals surface area (Å²) in [7, 11) is 0. The zero-order valence-corrected chi connectivity index (χ0v) is 8.43. The van der Waals surface area contributed by atoms with E-state index in [4.69, 9.17) is 9.47 Å². The highest BCUT2D eigenvalue weighted by Crippen LogP contribution is 2.27. The van der Waals surface area contributed by atoms with E-state index in [0.717, 1.165) is 0 Å². The summed E-state index contributed by atoms with van der Waals surface area (Å²) < 4.78 is 10.8. The van der Waals surface area contributed by atoms with Crippen molar-refractivity contribution in [3.8, 4) is 0 Å². The van der Waals surface area contributed by atoms with Crippen molar-refractivity contribution in [1.82, 2.24) is 0 Å². The molecule has 5 nitrogen and oxygen atoms in total. The van der Waals surface area contributed by atoms with Crippen LogP contribution in [0.4, 0.5) is 0 Å². The third-order valence-corrected chi connectivity index (χ3v) is 2.17. The lowest BCUT2D eigenvalue weighted by molar-refractivity contribution is -0.488. The van der Waals surface area contributed by atoms with Crippen LogP contribution in [0.5, 0.6) is 0 Å². The lowest BCUT2D eigenvalue weighted by Gasteiger charge is -2.19. The lowest BCUT2D eigenvalue weighted by atomic mass is 10.0. The molecular formula is C9H15NO4. The van der Waals surface area contributed by atoms with Gasteiger partial charge in [0.2, 0.25) is 6.54 Å². The summed E-state index contributed by atoms with van der Waals surface area (Å²) in [6.07, 6.45) is 1.30. The Morgan fingerprint density at radius 1 is 1.79 bits per heavy atom. The van der Waals surface area contributed by atoms with Crippen molar-refractivity contribution in [2.24, 2.45) is 5.92 Å². The van der Waals surface area contributed by atoms with Crippen LogP contribution in [0.25, 0.3) is 0 Å². The molecule has 1 saturated heterocycles. The molecule has 1 aliphatic heterocycles. The molecule has 0 aliphatic carbocycles. The molecule has 0 amide bonds. The van der Waals surface area contributed by atoms with Gasteiger partial charge in [0.05, 0.1) is 18.6 Å². The summed E-state index contributed by atoms with van der Waals surface area (Å²) in [4.78, 5) is 9.99. The third-order valence-electron chi connectivity index (χ3n) is 2.17. The van der Waals surface area contributed by atoms with E-state index >= 15 is 0 Å². The van der Waals surface area contributed by atoms with E-state index in [1.165, 1.54) is 0 Å². The molecule has 1 rings (SSSR count). The predicted octanol–water partition coefficient (Wildman–Crippen LogP) is 1.22. The molecule has 14 heavy (non-hydrogen) atoms. The first kappa shape index (κ1) is 11.1. The molecule has 0 radical (unpaired) electrons. The Balaban J connectivity index is 2.55. The Labute approximate surface area is 82.8 Å². The molecule has 80 valence electrons. The number of ether oxygens (including phenoxy) is 2. The van der Waals surface area contributed by atoms with Crippen LogP contribution in [-0.2, 0) is 9.47 Å². The monoisotopic (exact) mass is 201 g/mol. The van der Waals surface area contributed by atoms with Gasteiger partial charge in [-0.3, -0.25) is 10.1 Å². The van der Waals surface area contributed by atoms with Crippen molar-refractivity contribution in [2.75, 3.05) is 13.2 Å². The summed E-state index contributed by atoms with van der Waals surface area (Å²) in [6, 6.07) is 0. The molecule has 1 heterocycles. The Morgan fingerprint density at radius 3 is 2.79 bits per heavy atom. The van der Waals surface area contributed by atoms with Gasteiger partial charge in [-0.1, -0.05) is 6.08 Å². The predicted molar refractivity (Wildman–Crippen MR) is 50.5 cm³/mol. The topological polar surface area (TPSA) is 61.6 Å². The number of nitrogens with zero attached hydrogens (tertiary/aromatic N) is 1. The van der Waals surface area contributed by atoms with Crippen LogP contribution in [-0.4, -0.2) is 30.0 Å². The summed E-state index contributed by atoms with van der Waals surface area (Å²) in [5, 5.41) is 10.3. The van der Waals surface area contributed by atoms with Crippen molar-refractivity contribution in [3.63, 3.8) is 0 Å². The van der Waals surface area contributed by atoms with Crippen molar-refractivity contribution in [3.05, 3.63) is 22.8 Å². The molecule has 0 aromatic heterocycles. The zero-order valence-electron chi connectivity index (χ0n) is 8.43. The minimum atomic E-state index is -0.636. The quantitative estimate of drug-likeness (QED) is 0.389. The fourth-order valence-electron chi connectivity index (χ4n) is 1.44. The van der Waals surface area contributed by atoms with Crippen LogP contribution in [0.1, 0.15) is 13.8 Å². The molecule has 0 bridgehead atoms. The maximum atomic E-state index is 10.3. The van der Waals surface area contributed by atoms with Gasteiger partial charge in [0, 0.05) is 4.92 Å². The van der Waals surface area contributed by atoms with E-state index in [0.29, 0.717) is 6.61 Å². The fraction of sp³-hybridized carbons (Fsp3) is 0.778. The van der Waals surface area contributed by atoms with E-state index in [1.807, 2.05) is 0 Å². The highest BCUT2D eigenvalue weighted by Gasteiger charge is 2.37. The molecule has 0 aromatic carbocycles. The minimum Gasteiger partial charge on any atom is -0.348 e. The second-order valence-electron chi connectivity index (χ2n) is 3.78. The Kier molecular flexibility index (Phi) is 3.23. The molecular weight excluding hydrogens is 186 g/mol. The SMILES string of the molecule is C=C[C@H](C[N+](=O)[O-])[C@H]1COC(C)(C)O1. The van der Waals surface area contributed by atoms with Crippen molar-refractivity contribution >= 4 is 0 Å². The summed E-state index contributed by atoms with van der Waals surface area (Å²) in [5.41, 5.74) is 0. The molecule has 2 atom stereocenters. The Morgan fingerprint density at radius 2 is 2.43 bits per heavy atom. The highest BCUT2D eigenvalue weighted by atomic mass is 16.7. The number of hydrogen-bond donors (Lipinski definition) is 0. The smallest absolute Gasteiger partial charge is 0.212 e. The molecule has 0 unspecified atom stereocenters. The van der Waals surface area contributed by atoms with Crippen molar-refractivity contribution in [2.45, 2.75) is 25.7 Å². The van der Waals surface area contributed by atoms with E-state index < -0.39 is 5.79 Å². The van der Waals surface area contributed by atoms with Crippen molar-refractivity contribution in [1.29, 1.82) is 0 Å². The number of nitro groups is 1. The normalized spacial score (nSPS) is 27.1. The summed E-state index contributed by atoms with van der Waals surface area (Å²) >= 11 is 0. The largest absolute Gasteiger partial charge is 0.348 e. The first-order valence-electron chi connectivity index (χ1n) is 4.51. The van der Waals surface area contributed by atoms with Crippen LogP contribution in [0.15, 0.2) is 12.7 Å². The Hall–Kier alpha value is -0.940. The molecule has 0 N–H and O–H groups in total. The zero-order chi connectivity index (χ0) is 10.8. The second kappa shape index (κ2) is 4.06. The van der Waals surface area contributed by atoms with Crippen LogP contribution in [0.3, 0.4) is 0 Å². The minimum absolute atomic E-state index is 0.159. The Bertz CT molecular complexity index is 239. The number of rotatable bonds is 4. The van der Waals surface area contributed by atoms with E-state index in [-0.39, 0.29) is 23.5 Å². The van der Waals surface area contributed by atoms with Gasteiger partial charge < -0.3 is 9.47 Å². The van der Waals surface area contributed by atoms with Gasteiger partial charge >= 0.3 is 0 Å². The van der Waals surface area contributed by atoms with Gasteiger partial charge in [-0.15, -0.1) is 6.58 Å². The maximum absolute atomic E-state index is 10.3. The molecule has 0 aromatic rings. The first-order chi connectivity index (χ1) is 6.44. The van der Waals surface area contributed by atoms with Gasteiger partial charge in [-0.05, 0) is 13.8 Å². The van der Waals surface area contributed by atoms with Gasteiger partial charge in [0.1, 0.15) is 0 Å². The van der Waals surface area contributed by atoms with Crippen LogP contribution < -0.4 is 0 Å². The molecule has 1 aliphatic rings. The standard InChI is InChI=1S/C9H15NO4/c1-4-7(5-10(11)12)8-6-13-9(2,3)14-8/h4,7-8H,1,5-6H2,2-3H3/t7-,8-/m1/s1. The van der Waals surface area contributed by atoms with Gasteiger partial charge in [0.15, 0.2) is 5.79 Å². The molecule has 1 fully saturated rings. The van der Waals surface area contributed by atoms with Crippen molar-refractivity contribution < 1.29 is 14.4 Å². The van der Waals surface area contributed by atoms with Crippen LogP contribution in [0.2, 0.25) is 0 Å². The average Bonchev–Trinajstić information content (AvgIpc) is 2.41. The fourth-order valence-corrected chi connectivity index (χ4v) is 1.44. The van der Waals surface area contributed by atoms with E-state index in [2.05, 4.69) is 6.58 Å². The molecule has 0 spiro atoms. The van der Waals surface area contributed by atoms with Crippen LogP contribution >= 0.6 is 0 Å². The first-order valence-corrected chi connectivity index (χ1v) is 4.51. The molecule has 5 heteroatoms. The lowest BCUT2D eigenvalue weighted by Crippen LogP contribution is -2.29. The van der Waals surface area contributed by atoms with E-state index in [1.54, 1.807) is 19.9 Å². The highest BCUT2D eigenvalue weighted by molar-refractivity contribution is 4.88.